The molecule has 1 aliphatic rings. The van der Waals surface area contributed by atoms with Crippen LogP contribution in [0.15, 0.2) is 23.4 Å². The second-order valence-corrected chi connectivity index (χ2v) is 8.81. The molecule has 0 bridgehead atoms. The number of rotatable bonds is 3. The van der Waals surface area contributed by atoms with Crippen LogP contribution in [0, 0.1) is 0 Å². The lowest BCUT2D eigenvalue weighted by molar-refractivity contribution is 0.00915. The number of carbonyl (C=O) groups is 1. The van der Waals surface area contributed by atoms with Crippen molar-refractivity contribution >= 4 is 17.9 Å². The molecular weight excluding hydrogens is 308 g/mol. The molecule has 0 aromatic carbocycles. The van der Waals surface area contributed by atoms with Crippen LogP contribution in [0.5, 0.6) is 0 Å². The molecule has 1 aromatic heterocycles. The van der Waals surface area contributed by atoms with Crippen LogP contribution < -0.4 is 0 Å². The Labute approximate surface area is 144 Å². The highest BCUT2D eigenvalue weighted by Crippen LogP contribution is 2.37. The molecule has 1 fully saturated rings. The summed E-state index contributed by atoms with van der Waals surface area (Å²) in [6, 6.07) is 4.13. The van der Waals surface area contributed by atoms with Gasteiger partial charge in [0.25, 0.3) is 0 Å². The van der Waals surface area contributed by atoms with Crippen molar-refractivity contribution in [3.63, 3.8) is 0 Å². The molecule has 1 atom stereocenters. The van der Waals surface area contributed by atoms with Crippen LogP contribution in [-0.2, 0) is 4.74 Å². The quantitative estimate of drug-likeness (QED) is 0.725. The van der Waals surface area contributed by atoms with E-state index in [-0.39, 0.29) is 12.1 Å². The smallest absolute Gasteiger partial charge is 0.410 e. The van der Waals surface area contributed by atoms with Gasteiger partial charge in [0, 0.05) is 23.6 Å². The van der Waals surface area contributed by atoms with Crippen molar-refractivity contribution in [3.8, 4) is 0 Å². The highest BCUT2D eigenvalue weighted by atomic mass is 32.2. The third kappa shape index (κ3) is 5.13. The molecule has 2 rings (SSSR count). The minimum absolute atomic E-state index is 0.0635. The van der Waals surface area contributed by atoms with Gasteiger partial charge in [0.15, 0.2) is 0 Å². The van der Waals surface area contributed by atoms with E-state index in [0.29, 0.717) is 5.25 Å². The molecule has 0 saturated carbocycles. The number of thioether (sulfide) groups is 1. The number of ether oxygens (including phenoxy) is 1. The molecule has 1 aliphatic heterocycles. The van der Waals surface area contributed by atoms with Crippen LogP contribution >= 0.6 is 11.8 Å². The summed E-state index contributed by atoms with van der Waals surface area (Å²) < 4.78 is 5.61. The number of carbonyl (C=O) groups excluding carboxylic acids is 1. The summed E-state index contributed by atoms with van der Waals surface area (Å²) in [5.41, 5.74) is 0.681. The molecule has 4 nitrogen and oxygen atoms in total. The van der Waals surface area contributed by atoms with Crippen LogP contribution in [0.3, 0.4) is 0 Å². The normalized spacial score (nSPS) is 19.0. The fourth-order valence-corrected chi connectivity index (χ4v) is 3.68. The summed E-state index contributed by atoms with van der Waals surface area (Å²) in [5, 5.41) is 1.49. The van der Waals surface area contributed by atoms with Gasteiger partial charge >= 0.3 is 6.09 Å². The van der Waals surface area contributed by atoms with Gasteiger partial charge in [-0.1, -0.05) is 19.9 Å². The Morgan fingerprint density at radius 3 is 2.78 bits per heavy atom. The number of likely N-dealkylation sites (tertiary alicyclic amines) is 1. The maximum atomic E-state index is 12.6. The SMILES string of the molecule is CC(C)Sc1ncccc1C1CCCCN1C(=O)OC(C)(C)C. The average Bonchev–Trinajstić information content (AvgIpc) is 2.45. The first-order valence-electron chi connectivity index (χ1n) is 8.39. The predicted octanol–water partition coefficient (Wildman–Crippen LogP) is 5.04. The molecule has 1 aromatic rings. The van der Waals surface area contributed by atoms with Crippen LogP contribution in [0.4, 0.5) is 4.79 Å². The molecule has 1 unspecified atom stereocenters. The fraction of sp³-hybridized carbons (Fsp3) is 0.667. The highest BCUT2D eigenvalue weighted by Gasteiger charge is 2.33. The molecule has 2 heterocycles. The van der Waals surface area contributed by atoms with Gasteiger partial charge in [-0.25, -0.2) is 9.78 Å². The van der Waals surface area contributed by atoms with Crippen molar-refractivity contribution < 1.29 is 9.53 Å². The fourth-order valence-electron chi connectivity index (χ4n) is 2.77. The van der Waals surface area contributed by atoms with E-state index in [1.165, 1.54) is 0 Å². The number of hydrogen-bond donors (Lipinski definition) is 0. The van der Waals surface area contributed by atoms with Gasteiger partial charge in [0.1, 0.15) is 10.6 Å². The largest absolute Gasteiger partial charge is 0.444 e. The van der Waals surface area contributed by atoms with E-state index >= 15 is 0 Å². The zero-order valence-electron chi connectivity index (χ0n) is 14.8. The van der Waals surface area contributed by atoms with Crippen molar-refractivity contribution in [1.82, 2.24) is 9.88 Å². The van der Waals surface area contributed by atoms with Gasteiger partial charge in [-0.3, -0.25) is 0 Å². The van der Waals surface area contributed by atoms with Crippen molar-refractivity contribution in [1.29, 1.82) is 0 Å². The van der Waals surface area contributed by atoms with Crippen molar-refractivity contribution in [2.45, 2.75) is 75.8 Å². The van der Waals surface area contributed by atoms with E-state index in [1.807, 2.05) is 37.9 Å². The summed E-state index contributed by atoms with van der Waals surface area (Å²) in [6.45, 7) is 10.8. The van der Waals surface area contributed by atoms with Gasteiger partial charge in [-0.05, 0) is 46.1 Å². The summed E-state index contributed by atoms with van der Waals surface area (Å²) in [4.78, 5) is 19.0. The standard InChI is InChI=1S/C18H28N2O2S/c1-13(2)23-16-14(9-8-11-19-16)15-10-6-7-12-20(15)17(21)22-18(3,4)5/h8-9,11,13,15H,6-7,10,12H2,1-5H3. The van der Waals surface area contributed by atoms with Gasteiger partial charge in [-0.15, -0.1) is 11.8 Å². The van der Waals surface area contributed by atoms with E-state index in [4.69, 9.17) is 4.74 Å². The Bertz CT molecular complexity index is 540. The Morgan fingerprint density at radius 2 is 2.13 bits per heavy atom. The Balaban J connectivity index is 2.26. The minimum Gasteiger partial charge on any atom is -0.444 e. The number of amides is 1. The van der Waals surface area contributed by atoms with Gasteiger partial charge < -0.3 is 9.64 Å². The zero-order valence-corrected chi connectivity index (χ0v) is 15.7. The third-order valence-corrected chi connectivity index (χ3v) is 4.67. The number of piperidine rings is 1. The molecule has 1 amide bonds. The van der Waals surface area contributed by atoms with E-state index in [1.54, 1.807) is 11.8 Å². The average molecular weight is 337 g/mol. The number of pyridine rings is 1. The zero-order chi connectivity index (χ0) is 17.0. The Hall–Kier alpha value is -1.23. The number of hydrogen-bond acceptors (Lipinski definition) is 4. The van der Waals surface area contributed by atoms with Crippen LogP contribution in [0.25, 0.3) is 0 Å². The van der Waals surface area contributed by atoms with E-state index in [2.05, 4.69) is 24.9 Å². The first kappa shape index (κ1) is 18.1. The lowest BCUT2D eigenvalue weighted by Crippen LogP contribution is -2.42. The second kappa shape index (κ2) is 7.56. The summed E-state index contributed by atoms with van der Waals surface area (Å²) in [5.74, 6) is 0. The monoisotopic (exact) mass is 336 g/mol. The summed E-state index contributed by atoms with van der Waals surface area (Å²) in [7, 11) is 0. The molecule has 1 saturated heterocycles. The predicted molar refractivity (Wildman–Crippen MR) is 94.8 cm³/mol. The minimum atomic E-state index is -0.469. The molecule has 23 heavy (non-hydrogen) atoms. The Morgan fingerprint density at radius 1 is 1.39 bits per heavy atom. The van der Waals surface area contributed by atoms with Gasteiger partial charge in [0.05, 0.1) is 6.04 Å². The molecule has 0 radical (unpaired) electrons. The van der Waals surface area contributed by atoms with Crippen molar-refractivity contribution in [2.24, 2.45) is 0 Å². The molecule has 0 spiro atoms. The number of aromatic nitrogens is 1. The van der Waals surface area contributed by atoms with Gasteiger partial charge in [-0.2, -0.15) is 0 Å². The maximum Gasteiger partial charge on any atom is 0.410 e. The van der Waals surface area contributed by atoms with E-state index in [9.17, 15) is 4.79 Å². The van der Waals surface area contributed by atoms with Gasteiger partial charge in [0.2, 0.25) is 0 Å². The third-order valence-electron chi connectivity index (χ3n) is 3.64. The van der Waals surface area contributed by atoms with Crippen molar-refractivity contribution in [2.75, 3.05) is 6.54 Å². The van der Waals surface area contributed by atoms with Crippen LogP contribution in [0.2, 0.25) is 0 Å². The molecule has 5 heteroatoms. The summed E-state index contributed by atoms with van der Waals surface area (Å²) >= 11 is 1.76. The molecule has 0 N–H and O–H groups in total. The highest BCUT2D eigenvalue weighted by molar-refractivity contribution is 7.99. The van der Waals surface area contributed by atoms with E-state index in [0.717, 1.165) is 36.4 Å². The molecule has 0 aliphatic carbocycles. The van der Waals surface area contributed by atoms with E-state index < -0.39 is 5.60 Å². The number of nitrogens with zero attached hydrogens (tertiary/aromatic N) is 2. The topological polar surface area (TPSA) is 42.4 Å². The summed E-state index contributed by atoms with van der Waals surface area (Å²) in [6.07, 6.45) is 4.74. The van der Waals surface area contributed by atoms with Crippen LogP contribution in [0.1, 0.15) is 65.5 Å². The molecule has 128 valence electrons. The lowest BCUT2D eigenvalue weighted by atomic mass is 9.97. The first-order valence-corrected chi connectivity index (χ1v) is 9.27. The lowest BCUT2D eigenvalue weighted by Gasteiger charge is -2.37. The van der Waals surface area contributed by atoms with Crippen molar-refractivity contribution in [3.05, 3.63) is 23.9 Å². The van der Waals surface area contributed by atoms with Crippen LogP contribution in [-0.4, -0.2) is 33.4 Å². The second-order valence-electron chi connectivity index (χ2n) is 7.25. The molecular formula is C18H28N2O2S. The maximum absolute atomic E-state index is 12.6. The first-order chi connectivity index (χ1) is 10.8. The Kier molecular flexibility index (Phi) is 5.95.